The molecule has 2 atom stereocenters. The molecule has 2 N–H and O–H groups in total. The summed E-state index contributed by atoms with van der Waals surface area (Å²) in [7, 11) is 0. The summed E-state index contributed by atoms with van der Waals surface area (Å²) in [6.45, 7) is 2.22. The number of rotatable bonds is 4. The third-order valence-corrected chi connectivity index (χ3v) is 4.18. The minimum atomic E-state index is -1.03. The van der Waals surface area contributed by atoms with Gasteiger partial charge in [0.2, 0.25) is 0 Å². The van der Waals surface area contributed by atoms with E-state index in [0.717, 1.165) is 16.5 Å². The molecule has 0 aliphatic carbocycles. The highest BCUT2D eigenvalue weighted by Gasteiger charge is 2.39. The van der Waals surface area contributed by atoms with Crippen LogP contribution in [0.2, 0.25) is 0 Å². The number of anilines is 1. The van der Waals surface area contributed by atoms with Gasteiger partial charge in [0.25, 0.3) is 0 Å². The number of carboxylic acid groups (broad SMARTS) is 1. The van der Waals surface area contributed by atoms with Crippen molar-refractivity contribution in [2.45, 2.75) is 25.4 Å². The average Bonchev–Trinajstić information content (AvgIpc) is 2.45. The van der Waals surface area contributed by atoms with Crippen molar-refractivity contribution in [1.29, 1.82) is 0 Å². The highest BCUT2D eigenvalue weighted by atomic mass is 16.4. The van der Waals surface area contributed by atoms with E-state index in [9.17, 15) is 9.59 Å². The summed E-state index contributed by atoms with van der Waals surface area (Å²) >= 11 is 0. The SMILES string of the molecule is C[C@H](Nc1cccc2ccccc12)C(=O)C1CCN1C(=O)O. The largest absolute Gasteiger partial charge is 0.465 e. The molecule has 0 spiro atoms. The van der Waals surface area contributed by atoms with Gasteiger partial charge in [0, 0.05) is 17.6 Å². The van der Waals surface area contributed by atoms with E-state index in [2.05, 4.69) is 5.32 Å². The van der Waals surface area contributed by atoms with Gasteiger partial charge in [-0.25, -0.2) is 4.79 Å². The molecule has 1 aliphatic rings. The maximum Gasteiger partial charge on any atom is 0.407 e. The van der Waals surface area contributed by atoms with Gasteiger partial charge in [-0.1, -0.05) is 36.4 Å². The Morgan fingerprint density at radius 2 is 1.95 bits per heavy atom. The van der Waals surface area contributed by atoms with E-state index >= 15 is 0 Å². The Balaban J connectivity index is 1.77. The number of ketones is 1. The zero-order valence-corrected chi connectivity index (χ0v) is 12.3. The fraction of sp³-hybridized carbons (Fsp3) is 0.294. The zero-order valence-electron chi connectivity index (χ0n) is 12.3. The van der Waals surface area contributed by atoms with Gasteiger partial charge in [-0.2, -0.15) is 0 Å². The molecule has 0 saturated carbocycles. The number of benzene rings is 2. The lowest BCUT2D eigenvalue weighted by Crippen LogP contribution is -2.57. The monoisotopic (exact) mass is 298 g/mol. The lowest BCUT2D eigenvalue weighted by molar-refractivity contribution is -0.127. The number of carbonyl (C=O) groups excluding carboxylic acids is 1. The first-order valence-electron chi connectivity index (χ1n) is 7.35. The predicted molar refractivity (Wildman–Crippen MR) is 85.2 cm³/mol. The van der Waals surface area contributed by atoms with E-state index < -0.39 is 18.2 Å². The summed E-state index contributed by atoms with van der Waals surface area (Å²) in [6.07, 6.45) is -0.422. The summed E-state index contributed by atoms with van der Waals surface area (Å²) in [6, 6.07) is 12.9. The van der Waals surface area contributed by atoms with Crippen molar-refractivity contribution in [1.82, 2.24) is 4.90 Å². The molecule has 1 aliphatic heterocycles. The summed E-state index contributed by atoms with van der Waals surface area (Å²) < 4.78 is 0. The second-order valence-electron chi connectivity index (χ2n) is 5.58. The second-order valence-corrected chi connectivity index (χ2v) is 5.58. The number of nitrogens with one attached hydrogen (secondary N) is 1. The van der Waals surface area contributed by atoms with Crippen LogP contribution in [0.25, 0.3) is 10.8 Å². The molecule has 3 rings (SSSR count). The molecule has 0 radical (unpaired) electrons. The molecule has 5 nitrogen and oxygen atoms in total. The fourth-order valence-electron chi connectivity index (χ4n) is 2.86. The Morgan fingerprint density at radius 1 is 1.23 bits per heavy atom. The normalized spacial score (nSPS) is 18.6. The predicted octanol–water partition coefficient (Wildman–Crippen LogP) is 2.96. The lowest BCUT2D eigenvalue weighted by Gasteiger charge is -2.38. The van der Waals surface area contributed by atoms with E-state index in [0.29, 0.717) is 13.0 Å². The number of hydrogen-bond donors (Lipinski definition) is 2. The summed E-state index contributed by atoms with van der Waals surface area (Å²) in [5, 5.41) is 14.4. The minimum Gasteiger partial charge on any atom is -0.465 e. The summed E-state index contributed by atoms with van der Waals surface area (Å²) in [5.74, 6) is -0.0819. The number of nitrogens with zero attached hydrogens (tertiary/aromatic N) is 1. The van der Waals surface area contributed by atoms with Crippen LogP contribution in [0.15, 0.2) is 42.5 Å². The molecule has 22 heavy (non-hydrogen) atoms. The molecule has 1 fully saturated rings. The molecule has 0 bridgehead atoms. The molecule has 1 unspecified atom stereocenters. The molecule has 0 aromatic heterocycles. The van der Waals surface area contributed by atoms with Crippen molar-refractivity contribution in [3.05, 3.63) is 42.5 Å². The maximum atomic E-state index is 12.4. The van der Waals surface area contributed by atoms with Gasteiger partial charge >= 0.3 is 6.09 Å². The molecule has 2 aromatic carbocycles. The number of hydrogen-bond acceptors (Lipinski definition) is 3. The van der Waals surface area contributed by atoms with Crippen LogP contribution in [0.5, 0.6) is 0 Å². The molecule has 1 amide bonds. The van der Waals surface area contributed by atoms with Crippen LogP contribution < -0.4 is 5.32 Å². The standard InChI is InChI=1S/C17H18N2O3/c1-11(16(20)15-9-10-19(15)17(21)22)18-14-8-4-6-12-5-2-3-7-13(12)14/h2-8,11,15,18H,9-10H2,1H3,(H,21,22)/t11-,15?/m0/s1. The maximum absolute atomic E-state index is 12.4. The van der Waals surface area contributed by atoms with E-state index in [-0.39, 0.29) is 5.78 Å². The van der Waals surface area contributed by atoms with Crippen molar-refractivity contribution in [2.75, 3.05) is 11.9 Å². The van der Waals surface area contributed by atoms with Gasteiger partial charge in [0.15, 0.2) is 5.78 Å². The molecular formula is C17H18N2O3. The summed E-state index contributed by atoms with van der Waals surface area (Å²) in [5.41, 5.74) is 0.889. The number of carbonyl (C=O) groups is 2. The Labute approximate surface area is 128 Å². The third kappa shape index (κ3) is 2.50. The van der Waals surface area contributed by atoms with Crippen LogP contribution in [-0.2, 0) is 4.79 Å². The first kappa shape index (κ1) is 14.4. The van der Waals surface area contributed by atoms with E-state index in [1.807, 2.05) is 42.5 Å². The van der Waals surface area contributed by atoms with Crippen molar-refractivity contribution >= 4 is 28.3 Å². The van der Waals surface area contributed by atoms with Crippen LogP contribution >= 0.6 is 0 Å². The van der Waals surface area contributed by atoms with Crippen LogP contribution in [0.3, 0.4) is 0 Å². The zero-order chi connectivity index (χ0) is 15.7. The Bertz CT molecular complexity index is 723. The number of amides is 1. The quantitative estimate of drug-likeness (QED) is 0.910. The Kier molecular flexibility index (Phi) is 3.71. The van der Waals surface area contributed by atoms with Gasteiger partial charge in [0.1, 0.15) is 0 Å². The third-order valence-electron chi connectivity index (χ3n) is 4.18. The highest BCUT2D eigenvalue weighted by Crippen LogP contribution is 2.25. The van der Waals surface area contributed by atoms with Crippen LogP contribution in [0.4, 0.5) is 10.5 Å². The molecule has 1 saturated heterocycles. The van der Waals surface area contributed by atoms with Crippen LogP contribution in [0.1, 0.15) is 13.3 Å². The van der Waals surface area contributed by atoms with Crippen LogP contribution in [-0.4, -0.2) is 40.5 Å². The summed E-state index contributed by atoms with van der Waals surface area (Å²) in [4.78, 5) is 24.6. The molecule has 114 valence electrons. The van der Waals surface area contributed by atoms with Gasteiger partial charge in [-0.05, 0) is 24.8 Å². The van der Waals surface area contributed by atoms with Crippen molar-refractivity contribution in [3.63, 3.8) is 0 Å². The van der Waals surface area contributed by atoms with Gasteiger partial charge in [-0.3, -0.25) is 9.69 Å². The molecule has 5 heteroatoms. The van der Waals surface area contributed by atoms with E-state index in [4.69, 9.17) is 5.11 Å². The van der Waals surface area contributed by atoms with E-state index in [1.54, 1.807) is 6.92 Å². The molecular weight excluding hydrogens is 280 g/mol. The second kappa shape index (κ2) is 5.67. The average molecular weight is 298 g/mol. The van der Waals surface area contributed by atoms with Crippen molar-refractivity contribution in [3.8, 4) is 0 Å². The first-order chi connectivity index (χ1) is 10.6. The van der Waals surface area contributed by atoms with Gasteiger partial charge in [-0.15, -0.1) is 0 Å². The lowest BCUT2D eigenvalue weighted by atomic mass is 9.95. The van der Waals surface area contributed by atoms with Crippen LogP contribution in [0, 0.1) is 0 Å². The Hall–Kier alpha value is -2.56. The fourth-order valence-corrected chi connectivity index (χ4v) is 2.86. The highest BCUT2D eigenvalue weighted by molar-refractivity contribution is 5.98. The Morgan fingerprint density at radius 3 is 2.64 bits per heavy atom. The van der Waals surface area contributed by atoms with Crippen molar-refractivity contribution in [2.24, 2.45) is 0 Å². The van der Waals surface area contributed by atoms with Gasteiger partial charge < -0.3 is 10.4 Å². The smallest absolute Gasteiger partial charge is 0.407 e. The molecule has 2 aromatic rings. The number of likely N-dealkylation sites (tertiary alicyclic amines) is 1. The first-order valence-corrected chi connectivity index (χ1v) is 7.35. The topological polar surface area (TPSA) is 69.6 Å². The van der Waals surface area contributed by atoms with E-state index in [1.165, 1.54) is 4.90 Å². The van der Waals surface area contributed by atoms with Crippen molar-refractivity contribution < 1.29 is 14.7 Å². The van der Waals surface area contributed by atoms with Gasteiger partial charge in [0.05, 0.1) is 12.1 Å². The minimum absolute atomic E-state index is 0.0819. The number of Topliss-reactive ketones (excluding diaryl/α,β-unsaturated/α-hetero) is 1. The molecule has 1 heterocycles. The number of fused-ring (bicyclic) bond motifs is 1.